The number of anilines is 1. The Hall–Kier alpha value is -3.66. The number of nitrogens with one attached hydrogen (secondary N) is 2. The van der Waals surface area contributed by atoms with Crippen molar-refractivity contribution in [2.45, 2.75) is 44.6 Å². The summed E-state index contributed by atoms with van der Waals surface area (Å²) in [6, 6.07) is 16.8. The Balaban J connectivity index is 1.16. The van der Waals surface area contributed by atoms with Gasteiger partial charge in [0.1, 0.15) is 6.04 Å². The molecule has 4 aromatic rings. The highest BCUT2D eigenvalue weighted by Crippen LogP contribution is 2.33. The second kappa shape index (κ2) is 14.4. The maximum Gasteiger partial charge on any atom is 0.263 e. The molecule has 2 N–H and O–H groups in total. The van der Waals surface area contributed by atoms with Crippen LogP contribution in [0, 0.1) is 11.8 Å². The second-order valence-corrected chi connectivity index (χ2v) is 14.4. The molecule has 2 aromatic heterocycles. The number of hydrogen-bond donors (Lipinski definition) is 2. The van der Waals surface area contributed by atoms with E-state index >= 15 is 0 Å². The van der Waals surface area contributed by atoms with E-state index in [1.165, 1.54) is 11.3 Å². The number of fused-ring (bicyclic) bond motifs is 2. The number of nitrogens with zero attached hydrogens (tertiary/aromatic N) is 3. The summed E-state index contributed by atoms with van der Waals surface area (Å²) in [6.07, 6.45) is 6.00. The number of carbonyl (C=O) groups excluding carboxylic acids is 3. The Kier molecular flexibility index (Phi) is 10.1. The van der Waals surface area contributed by atoms with Crippen LogP contribution in [-0.4, -0.2) is 78.8 Å². The van der Waals surface area contributed by atoms with Crippen molar-refractivity contribution in [1.29, 1.82) is 0 Å². The van der Waals surface area contributed by atoms with Crippen molar-refractivity contribution in [2.24, 2.45) is 11.8 Å². The van der Waals surface area contributed by atoms with Crippen LogP contribution in [0.1, 0.15) is 46.5 Å². The van der Waals surface area contributed by atoms with Gasteiger partial charge in [0.15, 0.2) is 0 Å². The number of likely N-dealkylation sites (tertiary alicyclic amines) is 1. The highest BCUT2D eigenvalue weighted by atomic mass is 35.5. The fraction of sp³-hybridized carbons (Fsp3) is 0.417. The Labute approximate surface area is 279 Å². The maximum absolute atomic E-state index is 14.5. The average molecular weight is 660 g/mol. The molecule has 2 atom stereocenters. The van der Waals surface area contributed by atoms with Crippen LogP contribution in [0.2, 0.25) is 5.02 Å². The first-order valence-electron chi connectivity index (χ1n) is 16.2. The molecule has 0 bridgehead atoms. The van der Waals surface area contributed by atoms with Crippen LogP contribution in [0.4, 0.5) is 5.69 Å². The van der Waals surface area contributed by atoms with Gasteiger partial charge in [-0.05, 0) is 98.5 Å². The van der Waals surface area contributed by atoms with E-state index < -0.39 is 6.04 Å². The van der Waals surface area contributed by atoms with Crippen LogP contribution in [0.3, 0.4) is 0 Å². The van der Waals surface area contributed by atoms with E-state index in [4.69, 9.17) is 11.6 Å². The number of halogens is 1. The molecular weight excluding hydrogens is 618 g/mol. The molecule has 0 unspecified atom stereocenters. The molecule has 0 saturated carbocycles. The molecule has 2 aliphatic heterocycles. The minimum Gasteiger partial charge on any atom is -0.361 e. The standard InChI is InChI=1S/C36H42ClN5O3S/c1-40(2)22-25-18-26-19-28(37)10-11-32(26)42(23-25)35(44)31(20-27-21-38-30-7-4-3-6-29(27)30)39-34(43)12-9-24-13-15-41(16-14-24)36(45)33-8-5-17-46-33/h3-8,10-11,17,19,21,24-25,31,38H,9,12-16,18,20,22-23H2,1-2H3,(H,39,43)/t25-,31+/m0/s1. The summed E-state index contributed by atoms with van der Waals surface area (Å²) in [5.74, 6) is 0.483. The van der Waals surface area contributed by atoms with Crippen LogP contribution in [0.5, 0.6) is 0 Å². The number of rotatable bonds is 10. The van der Waals surface area contributed by atoms with Crippen molar-refractivity contribution in [1.82, 2.24) is 20.1 Å². The molecule has 2 aliphatic rings. The molecule has 0 radical (unpaired) electrons. The normalized spacial score (nSPS) is 17.7. The quantitative estimate of drug-likeness (QED) is 0.218. The Morgan fingerprint density at radius 3 is 2.63 bits per heavy atom. The van der Waals surface area contributed by atoms with Gasteiger partial charge in [-0.15, -0.1) is 11.3 Å². The molecule has 1 fully saturated rings. The van der Waals surface area contributed by atoms with E-state index in [-0.39, 0.29) is 23.6 Å². The van der Waals surface area contributed by atoms with Gasteiger partial charge in [0.2, 0.25) is 11.8 Å². The van der Waals surface area contributed by atoms with E-state index in [9.17, 15) is 14.4 Å². The molecule has 6 rings (SSSR count). The summed E-state index contributed by atoms with van der Waals surface area (Å²) in [6.45, 7) is 2.83. The first-order valence-corrected chi connectivity index (χ1v) is 17.4. The first kappa shape index (κ1) is 32.3. The molecule has 1 saturated heterocycles. The SMILES string of the molecule is CN(C)C[C@@H]1Cc2cc(Cl)ccc2N(C(=O)[C@@H](Cc2c[nH]c3ccccc23)NC(=O)CCC2CCN(C(=O)c3cccs3)CC2)C1. The number of aromatic amines is 1. The second-order valence-electron chi connectivity index (χ2n) is 13.0. The Morgan fingerprint density at radius 1 is 1.07 bits per heavy atom. The predicted octanol–water partition coefficient (Wildman–Crippen LogP) is 6.01. The van der Waals surface area contributed by atoms with Gasteiger partial charge < -0.3 is 25.0 Å². The lowest BCUT2D eigenvalue weighted by Crippen LogP contribution is -2.53. The number of aromatic nitrogens is 1. The van der Waals surface area contributed by atoms with Crippen LogP contribution in [0.25, 0.3) is 10.9 Å². The molecule has 3 amide bonds. The number of hydrogen-bond acceptors (Lipinski definition) is 5. The third kappa shape index (κ3) is 7.48. The maximum atomic E-state index is 14.5. The lowest BCUT2D eigenvalue weighted by Gasteiger charge is -2.37. The molecular formula is C36H42ClN5O3S. The smallest absolute Gasteiger partial charge is 0.263 e. The average Bonchev–Trinajstić information content (AvgIpc) is 3.73. The summed E-state index contributed by atoms with van der Waals surface area (Å²) >= 11 is 7.86. The predicted molar refractivity (Wildman–Crippen MR) is 186 cm³/mol. The van der Waals surface area contributed by atoms with E-state index in [0.29, 0.717) is 43.4 Å². The third-order valence-corrected chi connectivity index (χ3v) is 10.4. The fourth-order valence-corrected chi connectivity index (χ4v) is 7.94. The number of benzene rings is 2. The van der Waals surface area contributed by atoms with Gasteiger partial charge in [-0.2, -0.15) is 0 Å². The first-order chi connectivity index (χ1) is 22.2. The van der Waals surface area contributed by atoms with Gasteiger partial charge in [0.05, 0.1) is 4.88 Å². The van der Waals surface area contributed by atoms with Gasteiger partial charge in [0, 0.05) is 66.8 Å². The van der Waals surface area contributed by atoms with Gasteiger partial charge in [-0.3, -0.25) is 14.4 Å². The summed E-state index contributed by atoms with van der Waals surface area (Å²) in [7, 11) is 4.09. The largest absolute Gasteiger partial charge is 0.361 e. The van der Waals surface area contributed by atoms with Crippen molar-refractivity contribution >= 4 is 57.2 Å². The lowest BCUT2D eigenvalue weighted by atomic mass is 9.90. The minimum absolute atomic E-state index is 0.0965. The monoisotopic (exact) mass is 659 g/mol. The zero-order chi connectivity index (χ0) is 32.2. The van der Waals surface area contributed by atoms with Crippen LogP contribution >= 0.6 is 22.9 Å². The van der Waals surface area contributed by atoms with Crippen molar-refractivity contribution in [3.05, 3.63) is 87.2 Å². The lowest BCUT2D eigenvalue weighted by molar-refractivity contribution is -0.127. The van der Waals surface area contributed by atoms with E-state index in [0.717, 1.165) is 64.8 Å². The molecule has 10 heteroatoms. The molecule has 0 aliphatic carbocycles. The van der Waals surface area contributed by atoms with E-state index in [1.54, 1.807) is 0 Å². The minimum atomic E-state index is -0.724. The molecule has 46 heavy (non-hydrogen) atoms. The van der Waals surface area contributed by atoms with Crippen molar-refractivity contribution < 1.29 is 14.4 Å². The summed E-state index contributed by atoms with van der Waals surface area (Å²) in [4.78, 5) is 50.8. The summed E-state index contributed by atoms with van der Waals surface area (Å²) in [5.41, 5.74) is 3.92. The summed E-state index contributed by atoms with van der Waals surface area (Å²) in [5, 5.41) is 6.79. The highest BCUT2D eigenvalue weighted by Gasteiger charge is 2.34. The van der Waals surface area contributed by atoms with Gasteiger partial charge in [-0.1, -0.05) is 35.9 Å². The van der Waals surface area contributed by atoms with Crippen molar-refractivity contribution in [3.63, 3.8) is 0 Å². The molecule has 2 aromatic carbocycles. The van der Waals surface area contributed by atoms with Crippen LogP contribution in [-0.2, 0) is 22.4 Å². The number of thiophene rings is 1. The van der Waals surface area contributed by atoms with Crippen molar-refractivity contribution in [2.75, 3.05) is 45.2 Å². The van der Waals surface area contributed by atoms with Crippen molar-refractivity contribution in [3.8, 4) is 0 Å². The number of carbonyl (C=O) groups is 3. The highest BCUT2D eigenvalue weighted by molar-refractivity contribution is 7.12. The number of H-pyrrole nitrogens is 1. The number of piperidine rings is 1. The molecule has 4 heterocycles. The topological polar surface area (TPSA) is 88.8 Å². The van der Waals surface area contributed by atoms with Gasteiger partial charge in [0.25, 0.3) is 5.91 Å². The number of amides is 3. The van der Waals surface area contributed by atoms with Gasteiger partial charge in [-0.25, -0.2) is 0 Å². The third-order valence-electron chi connectivity index (χ3n) is 9.32. The molecule has 8 nitrogen and oxygen atoms in total. The summed E-state index contributed by atoms with van der Waals surface area (Å²) < 4.78 is 0. The number of para-hydroxylation sites is 1. The molecule has 0 spiro atoms. The Bertz CT molecular complexity index is 1680. The van der Waals surface area contributed by atoms with E-state index in [1.807, 2.05) is 90.1 Å². The zero-order valence-corrected chi connectivity index (χ0v) is 28.1. The Morgan fingerprint density at radius 2 is 1.87 bits per heavy atom. The fourth-order valence-electron chi connectivity index (χ4n) is 7.05. The molecule has 242 valence electrons. The van der Waals surface area contributed by atoms with Gasteiger partial charge >= 0.3 is 0 Å². The zero-order valence-electron chi connectivity index (χ0n) is 26.5. The van der Waals surface area contributed by atoms with Crippen LogP contribution in [0.15, 0.2) is 66.2 Å². The van der Waals surface area contributed by atoms with Crippen LogP contribution < -0.4 is 10.2 Å². The van der Waals surface area contributed by atoms with E-state index in [2.05, 4.69) is 15.2 Å².